The summed E-state index contributed by atoms with van der Waals surface area (Å²) in [7, 11) is 0. The number of hydrogen-bond acceptors (Lipinski definition) is 2. The van der Waals surface area contributed by atoms with Crippen molar-refractivity contribution in [2.45, 2.75) is 19.9 Å². The topological polar surface area (TPSA) is 21.3 Å². The third-order valence-electron chi connectivity index (χ3n) is 2.89. The minimum Gasteiger partial charge on any atom is -0.454 e. The van der Waals surface area contributed by atoms with E-state index in [1.807, 2.05) is 6.07 Å². The molecule has 0 aliphatic rings. The summed E-state index contributed by atoms with van der Waals surface area (Å²) < 4.78 is 31.7. The molecule has 0 saturated heterocycles. The van der Waals surface area contributed by atoms with Crippen LogP contribution in [0.25, 0.3) is 0 Å². The fourth-order valence-electron chi connectivity index (χ4n) is 1.82. The third kappa shape index (κ3) is 4.41. The van der Waals surface area contributed by atoms with E-state index in [4.69, 9.17) is 16.3 Å². The fourth-order valence-corrected chi connectivity index (χ4v) is 2.06. The molecular formula is C16H16ClF2NO. The van der Waals surface area contributed by atoms with Gasteiger partial charge in [-0.1, -0.05) is 24.6 Å². The Labute approximate surface area is 127 Å². The molecule has 2 aromatic carbocycles. The van der Waals surface area contributed by atoms with Crippen LogP contribution >= 0.6 is 11.6 Å². The van der Waals surface area contributed by atoms with E-state index in [-0.39, 0.29) is 5.75 Å². The minimum absolute atomic E-state index is 0.0377. The van der Waals surface area contributed by atoms with Crippen LogP contribution in [-0.4, -0.2) is 6.54 Å². The van der Waals surface area contributed by atoms with E-state index in [9.17, 15) is 8.78 Å². The van der Waals surface area contributed by atoms with Gasteiger partial charge in [0.05, 0.1) is 0 Å². The Morgan fingerprint density at radius 1 is 1.14 bits per heavy atom. The van der Waals surface area contributed by atoms with Gasteiger partial charge in [-0.25, -0.2) is 8.78 Å². The first kappa shape index (κ1) is 15.7. The second-order valence-electron chi connectivity index (χ2n) is 4.61. The van der Waals surface area contributed by atoms with E-state index in [0.29, 0.717) is 17.3 Å². The summed E-state index contributed by atoms with van der Waals surface area (Å²) in [5, 5.41) is 3.79. The zero-order valence-electron chi connectivity index (χ0n) is 11.6. The highest BCUT2D eigenvalue weighted by Crippen LogP contribution is 2.28. The molecular weight excluding hydrogens is 296 g/mol. The van der Waals surface area contributed by atoms with Gasteiger partial charge in [-0.3, -0.25) is 0 Å². The molecule has 5 heteroatoms. The molecule has 0 heterocycles. The molecule has 2 aromatic rings. The summed E-state index contributed by atoms with van der Waals surface area (Å²) in [5.41, 5.74) is 0.942. The first-order valence-electron chi connectivity index (χ1n) is 6.72. The maximum Gasteiger partial charge on any atom is 0.168 e. The van der Waals surface area contributed by atoms with Gasteiger partial charge in [-0.15, -0.1) is 0 Å². The van der Waals surface area contributed by atoms with Crippen molar-refractivity contribution < 1.29 is 13.5 Å². The molecule has 0 radical (unpaired) electrons. The SMILES string of the molecule is CCCNCc1ccc(Oc2ccc(F)cc2F)cc1Cl. The maximum atomic E-state index is 13.5. The van der Waals surface area contributed by atoms with Crippen LogP contribution in [-0.2, 0) is 6.54 Å². The molecule has 0 fully saturated rings. The van der Waals surface area contributed by atoms with Gasteiger partial charge in [-0.05, 0) is 42.8 Å². The van der Waals surface area contributed by atoms with Crippen LogP contribution in [0.4, 0.5) is 8.78 Å². The van der Waals surface area contributed by atoms with Gasteiger partial charge in [0, 0.05) is 17.6 Å². The van der Waals surface area contributed by atoms with Crippen molar-refractivity contribution >= 4 is 11.6 Å². The van der Waals surface area contributed by atoms with E-state index in [0.717, 1.165) is 30.7 Å². The molecule has 0 spiro atoms. The monoisotopic (exact) mass is 311 g/mol. The number of hydrogen-bond donors (Lipinski definition) is 1. The van der Waals surface area contributed by atoms with Gasteiger partial charge >= 0.3 is 0 Å². The summed E-state index contributed by atoms with van der Waals surface area (Å²) >= 11 is 6.17. The lowest BCUT2D eigenvalue weighted by atomic mass is 10.2. The van der Waals surface area contributed by atoms with Crippen molar-refractivity contribution in [3.63, 3.8) is 0 Å². The fraction of sp³-hybridized carbons (Fsp3) is 0.250. The van der Waals surface area contributed by atoms with E-state index in [1.165, 1.54) is 6.07 Å². The Morgan fingerprint density at radius 3 is 2.62 bits per heavy atom. The summed E-state index contributed by atoms with van der Waals surface area (Å²) in [6.07, 6.45) is 1.04. The van der Waals surface area contributed by atoms with Crippen LogP contribution in [0.3, 0.4) is 0 Å². The summed E-state index contributed by atoms with van der Waals surface area (Å²) in [6, 6.07) is 8.31. The average molecular weight is 312 g/mol. The summed E-state index contributed by atoms with van der Waals surface area (Å²) in [6.45, 7) is 3.66. The molecule has 0 bridgehead atoms. The van der Waals surface area contributed by atoms with Crippen molar-refractivity contribution in [1.29, 1.82) is 0 Å². The number of nitrogens with one attached hydrogen (secondary N) is 1. The minimum atomic E-state index is -0.750. The molecule has 1 N–H and O–H groups in total. The highest BCUT2D eigenvalue weighted by atomic mass is 35.5. The lowest BCUT2D eigenvalue weighted by Gasteiger charge is -2.10. The summed E-state index contributed by atoms with van der Waals surface area (Å²) in [4.78, 5) is 0. The zero-order chi connectivity index (χ0) is 15.2. The van der Waals surface area contributed by atoms with Gasteiger partial charge < -0.3 is 10.1 Å². The van der Waals surface area contributed by atoms with E-state index >= 15 is 0 Å². The smallest absolute Gasteiger partial charge is 0.168 e. The average Bonchev–Trinajstić information content (AvgIpc) is 2.44. The quantitative estimate of drug-likeness (QED) is 0.765. The Kier molecular flexibility index (Phi) is 5.53. The first-order valence-corrected chi connectivity index (χ1v) is 7.10. The largest absolute Gasteiger partial charge is 0.454 e. The highest BCUT2D eigenvalue weighted by molar-refractivity contribution is 6.31. The standard InChI is InChI=1S/C16H16ClF2NO/c1-2-7-20-10-11-3-5-13(9-14(11)17)21-16-6-4-12(18)8-15(16)19/h3-6,8-9,20H,2,7,10H2,1H3. The summed E-state index contributed by atoms with van der Waals surface area (Å²) in [5.74, 6) is -1.02. The van der Waals surface area contributed by atoms with Crippen molar-refractivity contribution in [1.82, 2.24) is 5.32 Å². The first-order chi connectivity index (χ1) is 10.1. The number of halogens is 3. The Morgan fingerprint density at radius 2 is 1.95 bits per heavy atom. The molecule has 0 amide bonds. The third-order valence-corrected chi connectivity index (χ3v) is 3.24. The maximum absolute atomic E-state index is 13.5. The molecule has 0 saturated carbocycles. The van der Waals surface area contributed by atoms with Crippen molar-refractivity contribution in [3.05, 3.63) is 58.6 Å². The number of rotatable bonds is 6. The van der Waals surface area contributed by atoms with Crippen molar-refractivity contribution in [2.75, 3.05) is 6.54 Å². The molecule has 0 aromatic heterocycles. The van der Waals surface area contributed by atoms with Gasteiger partial charge in [0.15, 0.2) is 11.6 Å². The normalized spacial score (nSPS) is 10.7. The van der Waals surface area contributed by atoms with Gasteiger partial charge in [0.2, 0.25) is 0 Å². The zero-order valence-corrected chi connectivity index (χ0v) is 12.4. The van der Waals surface area contributed by atoms with Crippen LogP contribution in [0, 0.1) is 11.6 Å². The van der Waals surface area contributed by atoms with Crippen LogP contribution in [0.15, 0.2) is 36.4 Å². The second-order valence-corrected chi connectivity index (χ2v) is 5.01. The van der Waals surface area contributed by atoms with Crippen LogP contribution in [0.5, 0.6) is 11.5 Å². The van der Waals surface area contributed by atoms with Crippen molar-refractivity contribution in [3.8, 4) is 11.5 Å². The molecule has 0 aliphatic carbocycles. The molecule has 0 aliphatic heterocycles. The molecule has 2 nitrogen and oxygen atoms in total. The predicted octanol–water partition coefficient (Wildman–Crippen LogP) is 4.91. The Balaban J connectivity index is 2.09. The lowest BCUT2D eigenvalue weighted by Crippen LogP contribution is -2.13. The molecule has 21 heavy (non-hydrogen) atoms. The lowest BCUT2D eigenvalue weighted by molar-refractivity contribution is 0.437. The van der Waals surface area contributed by atoms with Crippen LogP contribution < -0.4 is 10.1 Å². The Bertz CT molecular complexity index is 619. The Hall–Kier alpha value is -1.65. The van der Waals surface area contributed by atoms with Gasteiger partial charge in [-0.2, -0.15) is 0 Å². The molecule has 0 unspecified atom stereocenters. The number of benzene rings is 2. The predicted molar refractivity (Wildman–Crippen MR) is 79.9 cm³/mol. The highest BCUT2D eigenvalue weighted by Gasteiger charge is 2.08. The van der Waals surface area contributed by atoms with E-state index < -0.39 is 11.6 Å². The van der Waals surface area contributed by atoms with E-state index in [1.54, 1.807) is 12.1 Å². The van der Waals surface area contributed by atoms with Crippen LogP contribution in [0.1, 0.15) is 18.9 Å². The number of ether oxygens (including phenoxy) is 1. The second kappa shape index (κ2) is 7.38. The van der Waals surface area contributed by atoms with E-state index in [2.05, 4.69) is 12.2 Å². The van der Waals surface area contributed by atoms with Gasteiger partial charge in [0.25, 0.3) is 0 Å². The van der Waals surface area contributed by atoms with Gasteiger partial charge in [0.1, 0.15) is 11.6 Å². The van der Waals surface area contributed by atoms with Crippen LogP contribution in [0.2, 0.25) is 5.02 Å². The van der Waals surface area contributed by atoms with Crippen molar-refractivity contribution in [2.24, 2.45) is 0 Å². The molecule has 0 atom stereocenters. The molecule has 2 rings (SSSR count). The molecule has 112 valence electrons.